The highest BCUT2D eigenvalue weighted by Crippen LogP contribution is 2.59. The Morgan fingerprint density at radius 3 is 3.00 bits per heavy atom. The van der Waals surface area contributed by atoms with Gasteiger partial charge in [-0.3, -0.25) is 9.89 Å². The Kier molecular flexibility index (Phi) is 5.07. The van der Waals surface area contributed by atoms with Crippen LogP contribution in [0.25, 0.3) is 22.7 Å². The first-order valence-electron chi connectivity index (χ1n) is 12.1. The molecule has 3 aromatic rings. The van der Waals surface area contributed by atoms with E-state index in [0.717, 1.165) is 42.8 Å². The largest absolute Gasteiger partial charge is 0.395 e. The van der Waals surface area contributed by atoms with Gasteiger partial charge < -0.3 is 19.7 Å². The molecule has 2 atom stereocenters. The SMILES string of the molecule is C=C(C(=O)N(CCO)c1cnc2nc(-c3n[nH]c4c3C[C@@H]3C[C@]3(C)C4)[nH]c2c1)C1CCOCC1. The third-order valence-electron chi connectivity index (χ3n) is 7.94. The lowest BCUT2D eigenvalue weighted by molar-refractivity contribution is -0.116. The predicted octanol–water partition coefficient (Wildman–Crippen LogP) is 2.78. The third kappa shape index (κ3) is 3.54. The summed E-state index contributed by atoms with van der Waals surface area (Å²) in [4.78, 5) is 27.4. The molecule has 1 saturated heterocycles. The smallest absolute Gasteiger partial charge is 0.254 e. The molecule has 178 valence electrons. The minimum absolute atomic E-state index is 0.0945. The van der Waals surface area contributed by atoms with E-state index in [1.807, 2.05) is 6.07 Å². The Morgan fingerprint density at radius 1 is 1.38 bits per heavy atom. The van der Waals surface area contributed by atoms with Crippen LogP contribution >= 0.6 is 0 Å². The van der Waals surface area contributed by atoms with Gasteiger partial charge in [0.2, 0.25) is 0 Å². The van der Waals surface area contributed by atoms with Crippen molar-refractivity contribution in [3.05, 3.63) is 35.7 Å². The van der Waals surface area contributed by atoms with Crippen molar-refractivity contribution in [2.24, 2.45) is 17.3 Å². The van der Waals surface area contributed by atoms with E-state index in [1.54, 1.807) is 11.1 Å². The summed E-state index contributed by atoms with van der Waals surface area (Å²) >= 11 is 0. The zero-order chi connectivity index (χ0) is 23.4. The van der Waals surface area contributed by atoms with Crippen LogP contribution in [0.3, 0.4) is 0 Å². The molecule has 3 aliphatic rings. The van der Waals surface area contributed by atoms with Crippen molar-refractivity contribution in [1.29, 1.82) is 0 Å². The number of hydrogen-bond donors (Lipinski definition) is 3. The van der Waals surface area contributed by atoms with Crippen LogP contribution in [-0.2, 0) is 22.4 Å². The molecule has 3 N–H and O–H groups in total. The average Bonchev–Trinajstić information content (AvgIpc) is 3.15. The molecule has 6 rings (SSSR count). The maximum Gasteiger partial charge on any atom is 0.254 e. The number of aliphatic hydroxyl groups is 1. The molecule has 2 fully saturated rings. The van der Waals surface area contributed by atoms with Crippen molar-refractivity contribution < 1.29 is 14.6 Å². The monoisotopic (exact) mass is 462 g/mol. The second kappa shape index (κ2) is 8.02. The number of aliphatic hydroxyl groups excluding tert-OH is 1. The lowest BCUT2D eigenvalue weighted by Gasteiger charge is -2.28. The number of carbonyl (C=O) groups is 1. The number of rotatable bonds is 6. The number of anilines is 1. The molecule has 2 aliphatic carbocycles. The molecule has 3 aromatic heterocycles. The zero-order valence-corrected chi connectivity index (χ0v) is 19.4. The molecule has 0 aromatic carbocycles. The molecule has 0 radical (unpaired) electrons. The molecule has 34 heavy (non-hydrogen) atoms. The summed E-state index contributed by atoms with van der Waals surface area (Å²) in [6.07, 6.45) is 6.54. The first-order valence-corrected chi connectivity index (χ1v) is 12.1. The number of aromatic amines is 2. The van der Waals surface area contributed by atoms with E-state index in [1.165, 1.54) is 17.7 Å². The van der Waals surface area contributed by atoms with Crippen LogP contribution in [0.15, 0.2) is 24.4 Å². The number of amides is 1. The third-order valence-corrected chi connectivity index (χ3v) is 7.94. The highest BCUT2D eigenvalue weighted by atomic mass is 16.5. The highest BCUT2D eigenvalue weighted by molar-refractivity contribution is 6.06. The Morgan fingerprint density at radius 2 is 2.21 bits per heavy atom. The average molecular weight is 463 g/mol. The van der Waals surface area contributed by atoms with Crippen molar-refractivity contribution in [2.75, 3.05) is 31.3 Å². The second-order valence-electron chi connectivity index (χ2n) is 10.2. The summed E-state index contributed by atoms with van der Waals surface area (Å²) in [5.74, 6) is 1.33. The predicted molar refractivity (Wildman–Crippen MR) is 127 cm³/mol. The fourth-order valence-electron chi connectivity index (χ4n) is 5.64. The Labute approximate surface area is 197 Å². The van der Waals surface area contributed by atoms with Gasteiger partial charge in [-0.2, -0.15) is 5.10 Å². The number of pyridine rings is 1. The van der Waals surface area contributed by atoms with E-state index in [0.29, 0.717) is 41.4 Å². The van der Waals surface area contributed by atoms with E-state index in [9.17, 15) is 9.90 Å². The van der Waals surface area contributed by atoms with Gasteiger partial charge in [0.15, 0.2) is 11.5 Å². The Bertz CT molecular complexity index is 1270. The van der Waals surface area contributed by atoms with Crippen LogP contribution in [0, 0.1) is 17.3 Å². The molecule has 1 aliphatic heterocycles. The van der Waals surface area contributed by atoms with Crippen molar-refractivity contribution in [2.45, 2.75) is 39.0 Å². The first-order chi connectivity index (χ1) is 16.5. The van der Waals surface area contributed by atoms with Crippen LogP contribution in [-0.4, -0.2) is 62.5 Å². The fourth-order valence-corrected chi connectivity index (χ4v) is 5.64. The Hall–Kier alpha value is -3.04. The van der Waals surface area contributed by atoms with Gasteiger partial charge in [-0.15, -0.1) is 0 Å². The molecule has 0 unspecified atom stereocenters. The van der Waals surface area contributed by atoms with Gasteiger partial charge in [0.1, 0.15) is 5.69 Å². The van der Waals surface area contributed by atoms with Gasteiger partial charge in [0, 0.05) is 36.6 Å². The molecule has 1 amide bonds. The van der Waals surface area contributed by atoms with E-state index >= 15 is 0 Å². The highest BCUT2D eigenvalue weighted by Gasteiger charge is 2.53. The Balaban J connectivity index is 1.29. The number of ether oxygens (including phenoxy) is 1. The molecule has 4 heterocycles. The van der Waals surface area contributed by atoms with Crippen LogP contribution < -0.4 is 4.90 Å². The van der Waals surface area contributed by atoms with E-state index < -0.39 is 0 Å². The van der Waals surface area contributed by atoms with Crippen molar-refractivity contribution in [3.8, 4) is 11.5 Å². The van der Waals surface area contributed by atoms with Crippen molar-refractivity contribution in [1.82, 2.24) is 25.1 Å². The van der Waals surface area contributed by atoms with E-state index in [4.69, 9.17) is 4.74 Å². The van der Waals surface area contributed by atoms with Gasteiger partial charge in [0.05, 0.1) is 24.0 Å². The number of nitrogens with zero attached hydrogens (tertiary/aromatic N) is 4. The summed E-state index contributed by atoms with van der Waals surface area (Å²) in [7, 11) is 0. The summed E-state index contributed by atoms with van der Waals surface area (Å²) in [5, 5.41) is 17.4. The zero-order valence-electron chi connectivity index (χ0n) is 19.4. The fraction of sp³-hybridized carbons (Fsp3) is 0.520. The number of hydrogen-bond acceptors (Lipinski definition) is 6. The number of H-pyrrole nitrogens is 2. The number of fused-ring (bicyclic) bond motifs is 3. The van der Waals surface area contributed by atoms with Crippen LogP contribution in [0.5, 0.6) is 0 Å². The number of nitrogens with one attached hydrogen (secondary N) is 2. The van der Waals surface area contributed by atoms with Crippen LogP contribution in [0.2, 0.25) is 0 Å². The lowest BCUT2D eigenvalue weighted by atomic mass is 9.88. The molecule has 0 spiro atoms. The summed E-state index contributed by atoms with van der Waals surface area (Å²) in [6, 6.07) is 1.86. The van der Waals surface area contributed by atoms with Gasteiger partial charge in [-0.1, -0.05) is 13.5 Å². The van der Waals surface area contributed by atoms with Crippen molar-refractivity contribution in [3.63, 3.8) is 0 Å². The minimum Gasteiger partial charge on any atom is -0.395 e. The van der Waals surface area contributed by atoms with Gasteiger partial charge in [-0.25, -0.2) is 9.97 Å². The second-order valence-corrected chi connectivity index (χ2v) is 10.2. The van der Waals surface area contributed by atoms with Gasteiger partial charge in [0.25, 0.3) is 5.91 Å². The maximum absolute atomic E-state index is 13.3. The molecule has 9 heteroatoms. The molecule has 9 nitrogen and oxygen atoms in total. The summed E-state index contributed by atoms with van der Waals surface area (Å²) in [5.41, 5.74) is 6.21. The molecular weight excluding hydrogens is 432 g/mol. The maximum atomic E-state index is 13.3. The topological polar surface area (TPSA) is 120 Å². The van der Waals surface area contributed by atoms with E-state index in [2.05, 4.69) is 38.7 Å². The summed E-state index contributed by atoms with van der Waals surface area (Å²) in [6.45, 7) is 7.72. The number of imidazole rings is 1. The summed E-state index contributed by atoms with van der Waals surface area (Å²) < 4.78 is 5.42. The number of aromatic nitrogens is 5. The molecule has 1 saturated carbocycles. The van der Waals surface area contributed by atoms with Gasteiger partial charge >= 0.3 is 0 Å². The standard InChI is InChI=1S/C25H30N6O3/c1-14(15-3-7-34-8-4-15)24(33)31(5-6-32)17-10-19-22(26-13-17)28-23(27-19)21-18-9-16-11-25(16,2)12-20(18)29-30-21/h10,13,15-16,32H,1,3-9,11-12H2,2H3,(H,29,30)(H,26,27,28)/t16-,25-/m1/s1. The first kappa shape index (κ1) is 21.5. The normalized spacial score (nSPS) is 24.0. The van der Waals surface area contributed by atoms with Gasteiger partial charge in [-0.05, 0) is 55.4 Å². The lowest BCUT2D eigenvalue weighted by Crippen LogP contribution is -2.37. The van der Waals surface area contributed by atoms with Crippen LogP contribution in [0.4, 0.5) is 5.69 Å². The molecular formula is C25H30N6O3. The quantitative estimate of drug-likeness (QED) is 0.485. The van der Waals surface area contributed by atoms with E-state index in [-0.39, 0.29) is 25.0 Å². The van der Waals surface area contributed by atoms with Crippen LogP contribution in [0.1, 0.15) is 37.4 Å². The van der Waals surface area contributed by atoms with Crippen molar-refractivity contribution >= 4 is 22.8 Å². The number of carbonyl (C=O) groups excluding carboxylic acids is 1. The molecule has 0 bridgehead atoms. The minimum atomic E-state index is -0.185.